The third kappa shape index (κ3) is 1.05. The molecule has 2 nitrogen and oxygen atoms in total. The smallest absolute Gasteiger partial charge is 0.126 e. The Hall–Kier alpha value is -0.830. The molecule has 2 N–H and O–H groups in total. The molecule has 11 heavy (non-hydrogen) atoms. The largest absolute Gasteiger partial charge is 0.383 e. The second-order valence-corrected chi connectivity index (χ2v) is 3.42. The Bertz CT molecular complexity index is 331. The Kier molecular flexibility index (Phi) is 1.46. The fourth-order valence-corrected chi connectivity index (χ4v) is 1.54. The molecule has 0 saturated heterocycles. The summed E-state index contributed by atoms with van der Waals surface area (Å²) in [6.07, 6.45) is 0. The van der Waals surface area contributed by atoms with Gasteiger partial charge in [-0.2, -0.15) is 0 Å². The van der Waals surface area contributed by atoms with Crippen molar-refractivity contribution in [3.63, 3.8) is 0 Å². The minimum atomic E-state index is 0.654. The van der Waals surface area contributed by atoms with Gasteiger partial charge in [-0.05, 0) is 17.7 Å². The van der Waals surface area contributed by atoms with Gasteiger partial charge in [-0.1, -0.05) is 22.0 Å². The summed E-state index contributed by atoms with van der Waals surface area (Å²) in [5, 5.41) is 0. The first-order chi connectivity index (χ1) is 5.27. The van der Waals surface area contributed by atoms with Gasteiger partial charge in [0.2, 0.25) is 0 Å². The summed E-state index contributed by atoms with van der Waals surface area (Å²) in [5.41, 5.74) is 7.93. The van der Waals surface area contributed by atoms with E-state index in [0.717, 1.165) is 16.6 Å². The summed E-state index contributed by atoms with van der Waals surface area (Å²) in [6.45, 7) is 0.731. The Morgan fingerprint density at radius 3 is 3.09 bits per heavy atom. The summed E-state index contributed by atoms with van der Waals surface area (Å²) < 4.78 is 1.05. The van der Waals surface area contributed by atoms with Gasteiger partial charge in [0.1, 0.15) is 5.84 Å². The highest BCUT2D eigenvalue weighted by Crippen LogP contribution is 2.21. The summed E-state index contributed by atoms with van der Waals surface area (Å²) in [7, 11) is 0. The maximum Gasteiger partial charge on any atom is 0.126 e. The van der Waals surface area contributed by atoms with Gasteiger partial charge in [0.25, 0.3) is 0 Å². The van der Waals surface area contributed by atoms with E-state index in [2.05, 4.69) is 20.9 Å². The molecule has 0 aromatic heterocycles. The second kappa shape index (κ2) is 2.34. The molecule has 0 spiro atoms. The van der Waals surface area contributed by atoms with Crippen molar-refractivity contribution in [3.05, 3.63) is 33.8 Å². The van der Waals surface area contributed by atoms with Crippen molar-refractivity contribution >= 4 is 21.8 Å². The molecule has 0 amide bonds. The van der Waals surface area contributed by atoms with Gasteiger partial charge in [-0.25, -0.2) is 0 Å². The van der Waals surface area contributed by atoms with Gasteiger partial charge < -0.3 is 5.73 Å². The summed E-state index contributed by atoms with van der Waals surface area (Å²) in [6, 6.07) is 6.05. The molecule has 2 rings (SSSR count). The van der Waals surface area contributed by atoms with Crippen LogP contribution in [0.4, 0.5) is 0 Å². The number of nitrogens with zero attached hydrogens (tertiary/aromatic N) is 1. The Morgan fingerprint density at radius 1 is 1.45 bits per heavy atom. The molecular formula is C8H7BrN2. The van der Waals surface area contributed by atoms with Crippen molar-refractivity contribution in [1.29, 1.82) is 0 Å². The minimum absolute atomic E-state index is 0.654. The summed E-state index contributed by atoms with van der Waals surface area (Å²) in [4.78, 5) is 4.12. The number of benzene rings is 1. The lowest BCUT2D eigenvalue weighted by Crippen LogP contribution is -2.10. The lowest BCUT2D eigenvalue weighted by Gasteiger charge is -1.98. The third-order valence-electron chi connectivity index (χ3n) is 1.77. The van der Waals surface area contributed by atoms with Crippen LogP contribution in [0.1, 0.15) is 11.1 Å². The molecule has 0 unspecified atom stereocenters. The van der Waals surface area contributed by atoms with Crippen LogP contribution >= 0.6 is 15.9 Å². The standard InChI is InChI=1S/C8H7BrN2/c9-6-2-1-5-4-11-8(10)7(5)3-6/h1-3H,4H2,(H2,10,11). The number of rotatable bonds is 0. The Morgan fingerprint density at radius 2 is 2.27 bits per heavy atom. The SMILES string of the molecule is NC1=NCc2ccc(Br)cc21. The average molecular weight is 211 g/mol. The van der Waals surface area contributed by atoms with E-state index >= 15 is 0 Å². The van der Waals surface area contributed by atoms with E-state index in [9.17, 15) is 0 Å². The highest BCUT2D eigenvalue weighted by Gasteiger charge is 2.11. The predicted molar refractivity (Wildman–Crippen MR) is 48.6 cm³/mol. The van der Waals surface area contributed by atoms with Gasteiger partial charge in [0.15, 0.2) is 0 Å². The van der Waals surface area contributed by atoms with E-state index in [-0.39, 0.29) is 0 Å². The molecule has 1 aromatic rings. The molecular weight excluding hydrogens is 204 g/mol. The van der Waals surface area contributed by atoms with Crippen molar-refractivity contribution in [2.24, 2.45) is 10.7 Å². The van der Waals surface area contributed by atoms with Crippen molar-refractivity contribution in [3.8, 4) is 0 Å². The molecule has 1 heterocycles. The highest BCUT2D eigenvalue weighted by molar-refractivity contribution is 9.10. The number of fused-ring (bicyclic) bond motifs is 1. The minimum Gasteiger partial charge on any atom is -0.383 e. The zero-order valence-corrected chi connectivity index (χ0v) is 7.43. The average Bonchev–Trinajstić information content (AvgIpc) is 2.33. The molecule has 0 fully saturated rings. The lowest BCUT2D eigenvalue weighted by molar-refractivity contribution is 1.10. The molecule has 1 aromatic carbocycles. The Labute approximate surface area is 73.3 Å². The van der Waals surface area contributed by atoms with Crippen molar-refractivity contribution in [2.75, 3.05) is 0 Å². The molecule has 0 bridgehead atoms. The molecule has 1 aliphatic rings. The summed E-state index contributed by atoms with van der Waals surface area (Å²) >= 11 is 3.38. The normalized spacial score (nSPS) is 14.5. The van der Waals surface area contributed by atoms with Crippen LogP contribution in [0.3, 0.4) is 0 Å². The van der Waals surface area contributed by atoms with E-state index in [1.165, 1.54) is 5.56 Å². The zero-order valence-electron chi connectivity index (χ0n) is 5.84. The van der Waals surface area contributed by atoms with Crippen molar-refractivity contribution in [1.82, 2.24) is 0 Å². The van der Waals surface area contributed by atoms with Gasteiger partial charge in [0, 0.05) is 10.0 Å². The van der Waals surface area contributed by atoms with Crippen molar-refractivity contribution < 1.29 is 0 Å². The third-order valence-corrected chi connectivity index (χ3v) is 2.26. The monoisotopic (exact) mass is 210 g/mol. The van der Waals surface area contributed by atoms with Crippen LogP contribution in [0.25, 0.3) is 0 Å². The van der Waals surface area contributed by atoms with E-state index in [1.807, 2.05) is 18.2 Å². The molecule has 3 heteroatoms. The number of halogens is 1. The fraction of sp³-hybridized carbons (Fsp3) is 0.125. The van der Waals surface area contributed by atoms with Gasteiger partial charge >= 0.3 is 0 Å². The molecule has 0 saturated carbocycles. The van der Waals surface area contributed by atoms with Crippen LogP contribution in [-0.2, 0) is 6.54 Å². The van der Waals surface area contributed by atoms with E-state index in [4.69, 9.17) is 5.73 Å². The van der Waals surface area contributed by atoms with Crippen LogP contribution in [-0.4, -0.2) is 5.84 Å². The molecule has 0 atom stereocenters. The topological polar surface area (TPSA) is 38.4 Å². The van der Waals surface area contributed by atoms with Gasteiger partial charge in [-0.3, -0.25) is 4.99 Å². The first kappa shape index (κ1) is 6.85. The molecule has 1 aliphatic heterocycles. The van der Waals surface area contributed by atoms with Crippen LogP contribution < -0.4 is 5.73 Å². The van der Waals surface area contributed by atoms with Gasteiger partial charge in [-0.15, -0.1) is 0 Å². The van der Waals surface area contributed by atoms with Gasteiger partial charge in [0.05, 0.1) is 6.54 Å². The molecule has 0 radical (unpaired) electrons. The van der Waals surface area contributed by atoms with E-state index in [1.54, 1.807) is 0 Å². The zero-order chi connectivity index (χ0) is 7.84. The maximum atomic E-state index is 5.64. The van der Waals surface area contributed by atoms with Crippen molar-refractivity contribution in [2.45, 2.75) is 6.54 Å². The number of hydrogen-bond acceptors (Lipinski definition) is 2. The molecule has 56 valence electrons. The number of nitrogens with two attached hydrogens (primary N) is 1. The number of amidine groups is 1. The fourth-order valence-electron chi connectivity index (χ4n) is 1.18. The predicted octanol–water partition coefficient (Wildman–Crippen LogP) is 1.67. The second-order valence-electron chi connectivity index (χ2n) is 2.50. The van der Waals surface area contributed by atoms with Crippen LogP contribution in [0.5, 0.6) is 0 Å². The van der Waals surface area contributed by atoms with Crippen LogP contribution in [0.15, 0.2) is 27.7 Å². The summed E-state index contributed by atoms with van der Waals surface area (Å²) in [5.74, 6) is 0.654. The highest BCUT2D eigenvalue weighted by atomic mass is 79.9. The van der Waals surface area contributed by atoms with Crippen LogP contribution in [0, 0.1) is 0 Å². The maximum absolute atomic E-state index is 5.64. The quantitative estimate of drug-likeness (QED) is 0.696. The first-order valence-electron chi connectivity index (χ1n) is 3.36. The first-order valence-corrected chi connectivity index (χ1v) is 4.15. The number of aliphatic imine (C=N–C) groups is 1. The van der Waals surface area contributed by atoms with E-state index < -0.39 is 0 Å². The number of hydrogen-bond donors (Lipinski definition) is 1. The Balaban J connectivity index is 2.60. The van der Waals surface area contributed by atoms with E-state index in [0.29, 0.717) is 5.84 Å². The molecule has 0 aliphatic carbocycles. The lowest BCUT2D eigenvalue weighted by atomic mass is 10.1. The van der Waals surface area contributed by atoms with Crippen LogP contribution in [0.2, 0.25) is 0 Å².